The zero-order chi connectivity index (χ0) is 11.1. The van der Waals surface area contributed by atoms with Gasteiger partial charge in [0.25, 0.3) is 0 Å². The molecule has 1 N–H and O–H groups in total. The summed E-state index contributed by atoms with van der Waals surface area (Å²) in [6.45, 7) is 2.33. The standard InChI is InChI=1S/C13H18N2S/c1-8-2-3-10(6-8)13-14-11(9-4-5-9)7-12(16)15-13/h7-10H,2-6H2,1H3,(H,14,15,16). The molecule has 1 aromatic rings. The molecule has 1 heterocycles. The SMILES string of the molecule is CC1CCC(c2nc(=S)cc(C3CC3)[nH]2)C1. The van der Waals surface area contributed by atoms with Gasteiger partial charge in [-0.1, -0.05) is 19.1 Å². The minimum absolute atomic E-state index is 0.621. The summed E-state index contributed by atoms with van der Waals surface area (Å²) in [5.74, 6) is 3.36. The molecule has 2 aliphatic carbocycles. The summed E-state index contributed by atoms with van der Waals surface area (Å²) in [5, 5.41) is 0. The molecule has 86 valence electrons. The highest BCUT2D eigenvalue weighted by atomic mass is 32.1. The number of H-pyrrole nitrogens is 1. The van der Waals surface area contributed by atoms with Crippen LogP contribution in [0.15, 0.2) is 6.07 Å². The highest BCUT2D eigenvalue weighted by Crippen LogP contribution is 2.41. The van der Waals surface area contributed by atoms with Gasteiger partial charge in [-0.05, 0) is 50.0 Å². The molecule has 16 heavy (non-hydrogen) atoms. The van der Waals surface area contributed by atoms with Crippen LogP contribution in [0.25, 0.3) is 0 Å². The molecule has 2 atom stereocenters. The van der Waals surface area contributed by atoms with Gasteiger partial charge in [0.2, 0.25) is 0 Å². The van der Waals surface area contributed by atoms with E-state index in [0.717, 1.165) is 22.3 Å². The second kappa shape index (κ2) is 3.95. The Bertz CT molecular complexity index is 447. The summed E-state index contributed by atoms with van der Waals surface area (Å²) in [5.41, 5.74) is 1.33. The molecule has 0 amide bonds. The highest BCUT2D eigenvalue weighted by molar-refractivity contribution is 7.71. The molecule has 3 rings (SSSR count). The van der Waals surface area contributed by atoms with Gasteiger partial charge in [-0.3, -0.25) is 0 Å². The van der Waals surface area contributed by atoms with E-state index in [1.54, 1.807) is 0 Å². The topological polar surface area (TPSA) is 28.7 Å². The van der Waals surface area contributed by atoms with E-state index in [2.05, 4.69) is 23.0 Å². The van der Waals surface area contributed by atoms with Gasteiger partial charge in [0.15, 0.2) is 0 Å². The highest BCUT2D eigenvalue weighted by Gasteiger charge is 2.28. The van der Waals surface area contributed by atoms with Gasteiger partial charge >= 0.3 is 0 Å². The summed E-state index contributed by atoms with van der Waals surface area (Å²) in [4.78, 5) is 8.05. The smallest absolute Gasteiger partial charge is 0.130 e. The van der Waals surface area contributed by atoms with Crippen molar-refractivity contribution in [1.82, 2.24) is 9.97 Å². The summed E-state index contributed by atoms with van der Waals surface area (Å²) >= 11 is 5.27. The zero-order valence-corrected chi connectivity index (χ0v) is 10.5. The van der Waals surface area contributed by atoms with Crippen molar-refractivity contribution in [3.8, 4) is 0 Å². The summed E-state index contributed by atoms with van der Waals surface area (Å²) in [6, 6.07) is 2.05. The van der Waals surface area contributed by atoms with Crippen molar-refractivity contribution in [1.29, 1.82) is 0 Å². The van der Waals surface area contributed by atoms with Crippen LogP contribution in [0.2, 0.25) is 0 Å². The lowest BCUT2D eigenvalue weighted by atomic mass is 10.1. The lowest BCUT2D eigenvalue weighted by molar-refractivity contribution is 0.583. The van der Waals surface area contributed by atoms with Gasteiger partial charge in [-0.15, -0.1) is 0 Å². The zero-order valence-electron chi connectivity index (χ0n) is 9.70. The lowest BCUT2D eigenvalue weighted by Gasteiger charge is -2.11. The van der Waals surface area contributed by atoms with Gasteiger partial charge in [0.05, 0.1) is 0 Å². The van der Waals surface area contributed by atoms with Gasteiger partial charge in [0, 0.05) is 11.6 Å². The number of aromatic amines is 1. The molecule has 2 aliphatic rings. The average Bonchev–Trinajstić information content (AvgIpc) is 3.01. The predicted octanol–water partition coefficient (Wildman–Crippen LogP) is 3.92. The quantitative estimate of drug-likeness (QED) is 0.786. The second-order valence-electron chi connectivity index (χ2n) is 5.45. The number of hydrogen-bond acceptors (Lipinski definition) is 2. The maximum atomic E-state index is 5.27. The third kappa shape index (κ3) is 2.05. The van der Waals surface area contributed by atoms with Crippen LogP contribution in [-0.2, 0) is 0 Å². The van der Waals surface area contributed by atoms with E-state index in [4.69, 9.17) is 12.2 Å². The molecule has 2 saturated carbocycles. The first-order valence-corrected chi connectivity index (χ1v) is 6.74. The van der Waals surface area contributed by atoms with E-state index in [-0.39, 0.29) is 0 Å². The molecule has 0 bridgehead atoms. The number of aromatic nitrogens is 2. The molecular formula is C13H18N2S. The van der Waals surface area contributed by atoms with Crippen molar-refractivity contribution in [3.63, 3.8) is 0 Å². The molecule has 0 radical (unpaired) electrons. The molecule has 0 spiro atoms. The van der Waals surface area contributed by atoms with Crippen molar-refractivity contribution in [2.24, 2.45) is 5.92 Å². The molecule has 3 heteroatoms. The Hall–Kier alpha value is -0.700. The van der Waals surface area contributed by atoms with Crippen LogP contribution < -0.4 is 0 Å². The monoisotopic (exact) mass is 234 g/mol. The molecule has 0 aliphatic heterocycles. The number of hydrogen-bond donors (Lipinski definition) is 1. The minimum atomic E-state index is 0.621. The van der Waals surface area contributed by atoms with Crippen molar-refractivity contribution in [3.05, 3.63) is 22.2 Å². The Kier molecular flexibility index (Phi) is 2.58. The summed E-state index contributed by atoms with van der Waals surface area (Å²) in [6.07, 6.45) is 6.51. The van der Waals surface area contributed by atoms with Crippen LogP contribution in [0, 0.1) is 10.6 Å². The third-order valence-corrected chi connectivity index (χ3v) is 4.09. The van der Waals surface area contributed by atoms with E-state index in [1.807, 2.05) is 0 Å². The third-order valence-electron chi connectivity index (χ3n) is 3.88. The van der Waals surface area contributed by atoms with Crippen molar-refractivity contribution in [2.45, 2.75) is 50.9 Å². The lowest BCUT2D eigenvalue weighted by Crippen LogP contribution is -2.03. The number of nitrogens with one attached hydrogen (secondary N) is 1. The first-order chi connectivity index (χ1) is 7.72. The normalized spacial score (nSPS) is 29.6. The van der Waals surface area contributed by atoms with Gasteiger partial charge < -0.3 is 4.98 Å². The Labute approximate surface area is 102 Å². The van der Waals surface area contributed by atoms with E-state index in [9.17, 15) is 0 Å². The number of rotatable bonds is 2. The van der Waals surface area contributed by atoms with E-state index in [0.29, 0.717) is 5.92 Å². The maximum Gasteiger partial charge on any atom is 0.130 e. The van der Waals surface area contributed by atoms with Crippen LogP contribution in [0.5, 0.6) is 0 Å². The molecule has 0 saturated heterocycles. The first kappa shape index (κ1) is 10.5. The molecule has 2 fully saturated rings. The van der Waals surface area contributed by atoms with Crippen molar-refractivity contribution in [2.75, 3.05) is 0 Å². The fourth-order valence-corrected chi connectivity index (χ4v) is 2.98. The summed E-state index contributed by atoms with van der Waals surface area (Å²) < 4.78 is 0.773. The van der Waals surface area contributed by atoms with Crippen molar-refractivity contribution < 1.29 is 0 Å². The van der Waals surface area contributed by atoms with Crippen LogP contribution in [0.4, 0.5) is 0 Å². The van der Waals surface area contributed by atoms with Gasteiger partial charge in [-0.2, -0.15) is 0 Å². The van der Waals surface area contributed by atoms with Crippen LogP contribution >= 0.6 is 12.2 Å². The largest absolute Gasteiger partial charge is 0.347 e. The van der Waals surface area contributed by atoms with E-state index < -0.39 is 0 Å². The van der Waals surface area contributed by atoms with Gasteiger partial charge in [-0.25, -0.2) is 4.98 Å². The first-order valence-electron chi connectivity index (χ1n) is 6.33. The molecule has 2 nitrogen and oxygen atoms in total. The van der Waals surface area contributed by atoms with Crippen LogP contribution in [-0.4, -0.2) is 9.97 Å². The maximum absolute atomic E-state index is 5.27. The Morgan fingerprint density at radius 2 is 2.00 bits per heavy atom. The van der Waals surface area contributed by atoms with E-state index in [1.165, 1.54) is 37.8 Å². The van der Waals surface area contributed by atoms with Crippen LogP contribution in [0.3, 0.4) is 0 Å². The fraction of sp³-hybridized carbons (Fsp3) is 0.692. The molecule has 0 aromatic carbocycles. The molecule has 1 aromatic heterocycles. The molecular weight excluding hydrogens is 216 g/mol. The fourth-order valence-electron chi connectivity index (χ4n) is 2.76. The number of nitrogens with zero attached hydrogens (tertiary/aromatic N) is 1. The van der Waals surface area contributed by atoms with E-state index >= 15 is 0 Å². The Morgan fingerprint density at radius 3 is 2.62 bits per heavy atom. The Balaban J connectivity index is 1.91. The average molecular weight is 234 g/mol. The minimum Gasteiger partial charge on any atom is -0.347 e. The Morgan fingerprint density at radius 1 is 1.25 bits per heavy atom. The predicted molar refractivity (Wildman–Crippen MR) is 67.2 cm³/mol. The van der Waals surface area contributed by atoms with Crippen molar-refractivity contribution >= 4 is 12.2 Å². The molecule has 2 unspecified atom stereocenters. The summed E-state index contributed by atoms with van der Waals surface area (Å²) in [7, 11) is 0. The second-order valence-corrected chi connectivity index (χ2v) is 5.87. The van der Waals surface area contributed by atoms with Crippen LogP contribution in [0.1, 0.15) is 62.4 Å². The van der Waals surface area contributed by atoms with Gasteiger partial charge in [0.1, 0.15) is 10.5 Å².